The molecule has 0 bridgehead atoms. The molecule has 2 heterocycles. The van der Waals surface area contributed by atoms with E-state index >= 15 is 0 Å². The fourth-order valence-electron chi connectivity index (χ4n) is 8.18. The van der Waals surface area contributed by atoms with E-state index in [1.807, 2.05) is 109 Å². The number of aromatic nitrogens is 3. The van der Waals surface area contributed by atoms with Gasteiger partial charge in [-0.15, -0.1) is 0 Å². The molecule has 4 nitrogen and oxygen atoms in total. The number of ether oxygens (including phenoxy) is 1. The molecule has 7 aromatic carbocycles. The average Bonchev–Trinajstić information content (AvgIpc) is 3.96. The summed E-state index contributed by atoms with van der Waals surface area (Å²) in [4.78, 5) is 9.88. The predicted molar refractivity (Wildman–Crippen MR) is 270 cm³/mol. The molecule has 318 valence electrons. The average molecular weight is 855 g/mol. The summed E-state index contributed by atoms with van der Waals surface area (Å²) >= 11 is 0. The highest BCUT2D eigenvalue weighted by atomic mass is 16.5. The van der Waals surface area contributed by atoms with Gasteiger partial charge in [-0.1, -0.05) is 150 Å². The fourth-order valence-corrected chi connectivity index (χ4v) is 8.18. The predicted octanol–water partition coefficient (Wildman–Crippen LogP) is 16.0. The first-order valence-electron chi connectivity index (χ1n) is 30.3. The molecule has 0 fully saturated rings. The van der Waals surface area contributed by atoms with Gasteiger partial charge in [0.05, 0.1) is 44.7 Å². The Kier molecular flexibility index (Phi) is 6.56. The molecule has 0 aliphatic heterocycles. The first kappa shape index (κ1) is 25.3. The smallest absolute Gasteiger partial charge is 0.149 e. The lowest BCUT2D eigenvalue weighted by Gasteiger charge is -2.21. The van der Waals surface area contributed by atoms with Gasteiger partial charge in [-0.3, -0.25) is 9.55 Å². The molecule has 0 spiro atoms. The Morgan fingerprint density at radius 1 is 0.578 bits per heavy atom. The first-order valence-corrected chi connectivity index (χ1v) is 20.8. The van der Waals surface area contributed by atoms with Gasteiger partial charge in [-0.25, -0.2) is 4.98 Å². The van der Waals surface area contributed by atoms with Crippen LogP contribution in [-0.2, 0) is 10.8 Å². The van der Waals surface area contributed by atoms with Gasteiger partial charge in [-0.05, 0) is 142 Å². The number of fused-ring (bicyclic) bond motifs is 1. The molecule has 0 unspecified atom stereocenters. The molecule has 0 saturated heterocycles. The summed E-state index contributed by atoms with van der Waals surface area (Å²) < 4.78 is 172. The topological polar surface area (TPSA) is 39.9 Å². The Bertz CT molecular complexity index is 3970. The maximum atomic E-state index is 9.74. The van der Waals surface area contributed by atoms with E-state index in [1.54, 1.807) is 37.4 Å². The monoisotopic (exact) mass is 855 g/mol. The van der Waals surface area contributed by atoms with Crippen LogP contribution in [0.1, 0.15) is 95.2 Å². The minimum absolute atomic E-state index is 0.129. The molecule has 9 rings (SSSR count). The van der Waals surface area contributed by atoms with Crippen LogP contribution in [0, 0.1) is 20.7 Å². The second kappa shape index (κ2) is 16.6. The molecule has 2 aromatic heterocycles. The van der Waals surface area contributed by atoms with Crippen molar-refractivity contribution in [3.63, 3.8) is 0 Å². The molecule has 0 aliphatic carbocycles. The van der Waals surface area contributed by atoms with Crippen molar-refractivity contribution in [2.45, 2.75) is 72.9 Å². The van der Waals surface area contributed by atoms with Gasteiger partial charge >= 0.3 is 0 Å². The standard InChI is InChI=1S/C60H57N3O/c1-38-19-28-54(51(32-38)43-22-26-49(27-23-43)60(7,8)9)63-55-18-14-17-50(56(55)62-58(63)52-33-39(2)31-40(3)57(52)64-10)46-34-45(41-15-12-11-13-16-41)35-47(36-46)53-37-44(29-30-61-53)42-20-24-48(25-21-42)59(4,5)6/h11-37H,1-10H3/i1D3,4D3,5D3,6D3,20D,21D,24D,25D,29D,30D,37D. The van der Waals surface area contributed by atoms with E-state index in [9.17, 15) is 4.11 Å². The molecule has 0 atom stereocenters. The van der Waals surface area contributed by atoms with E-state index in [2.05, 4.69) is 25.8 Å². The van der Waals surface area contributed by atoms with Crippen LogP contribution in [-0.4, -0.2) is 21.6 Å². The Morgan fingerprint density at radius 3 is 2.03 bits per heavy atom. The van der Waals surface area contributed by atoms with Crippen molar-refractivity contribution in [3.05, 3.63) is 192 Å². The second-order valence-corrected chi connectivity index (χ2v) is 17.0. The molecule has 4 heteroatoms. The van der Waals surface area contributed by atoms with E-state index in [-0.39, 0.29) is 22.2 Å². The summed E-state index contributed by atoms with van der Waals surface area (Å²) in [6.07, 6.45) is -0.762. The van der Waals surface area contributed by atoms with Gasteiger partial charge in [0.25, 0.3) is 0 Å². The zero-order chi connectivity index (χ0) is 61.0. The van der Waals surface area contributed by atoms with E-state index in [0.29, 0.717) is 61.7 Å². The summed E-state index contributed by atoms with van der Waals surface area (Å²) in [6.45, 7) is -4.06. The van der Waals surface area contributed by atoms with Gasteiger partial charge in [-0.2, -0.15) is 0 Å². The van der Waals surface area contributed by atoms with E-state index in [1.165, 1.54) is 0 Å². The minimum atomic E-state index is -3.94. The lowest BCUT2D eigenvalue weighted by atomic mass is 9.86. The maximum absolute atomic E-state index is 9.74. The van der Waals surface area contributed by atoms with E-state index in [4.69, 9.17) is 31.7 Å². The fraction of sp³-hybridized carbons (Fsp3) is 0.200. The molecule has 9 aromatic rings. The van der Waals surface area contributed by atoms with Gasteiger partial charge < -0.3 is 4.74 Å². The lowest BCUT2D eigenvalue weighted by Crippen LogP contribution is -2.10. The molecule has 0 radical (unpaired) electrons. The molecule has 0 N–H and O–H groups in total. The Labute approximate surface area is 406 Å². The van der Waals surface area contributed by atoms with Crippen LogP contribution in [0.5, 0.6) is 5.75 Å². The third-order valence-electron chi connectivity index (χ3n) is 11.3. The number of benzene rings is 7. The van der Waals surface area contributed by atoms with E-state index < -0.39 is 91.9 Å². The quantitative estimate of drug-likeness (QED) is 0.153. The number of methoxy groups -OCH3 is 1. The normalized spacial score (nSPS) is 17.0. The second-order valence-electron chi connectivity index (χ2n) is 17.0. The Balaban J connectivity index is 1.35. The molecular weight excluding hydrogens is 779 g/mol. The minimum Gasteiger partial charge on any atom is -0.496 e. The lowest BCUT2D eigenvalue weighted by molar-refractivity contribution is 0.413. The Morgan fingerprint density at radius 2 is 1.31 bits per heavy atom. The van der Waals surface area contributed by atoms with Gasteiger partial charge in [0, 0.05) is 39.3 Å². The highest BCUT2D eigenvalue weighted by Gasteiger charge is 2.24. The van der Waals surface area contributed by atoms with Crippen molar-refractivity contribution in [3.8, 4) is 78.6 Å². The van der Waals surface area contributed by atoms with Crippen LogP contribution in [0.2, 0.25) is 0 Å². The van der Waals surface area contributed by atoms with Gasteiger partial charge in [0.2, 0.25) is 0 Å². The summed E-state index contributed by atoms with van der Waals surface area (Å²) in [5.74, 6) is 1.00. The van der Waals surface area contributed by atoms with Crippen LogP contribution in [0.4, 0.5) is 0 Å². The van der Waals surface area contributed by atoms with Crippen LogP contribution in [0.15, 0.2) is 164 Å². The third-order valence-corrected chi connectivity index (χ3v) is 11.3. The van der Waals surface area contributed by atoms with E-state index in [0.717, 1.165) is 22.3 Å². The van der Waals surface area contributed by atoms with Crippen molar-refractivity contribution in [1.82, 2.24) is 14.5 Å². The third kappa shape index (κ3) is 8.17. The highest BCUT2D eigenvalue weighted by molar-refractivity contribution is 5.98. The number of hydrogen-bond acceptors (Lipinski definition) is 3. The number of hydrogen-bond donors (Lipinski definition) is 0. The number of nitrogens with zero attached hydrogens (tertiary/aromatic N) is 3. The van der Waals surface area contributed by atoms with Crippen molar-refractivity contribution >= 4 is 11.0 Å². The number of pyridine rings is 1. The summed E-state index contributed by atoms with van der Waals surface area (Å²) in [7, 11) is 1.58. The Hall–Kier alpha value is -7.04. The molecule has 64 heavy (non-hydrogen) atoms. The van der Waals surface area contributed by atoms with Crippen LogP contribution in [0.3, 0.4) is 0 Å². The van der Waals surface area contributed by atoms with Crippen molar-refractivity contribution < 1.29 is 30.8 Å². The van der Waals surface area contributed by atoms with Crippen molar-refractivity contribution in [2.24, 2.45) is 0 Å². The van der Waals surface area contributed by atoms with Crippen LogP contribution in [0.25, 0.3) is 83.9 Å². The number of imidazole rings is 1. The SMILES string of the molecule is [2H]c1nc(-c2cc(-c3ccccc3)cc(-c3cccc4c3nc(-c3cc(C)cc(C)c3OC)n4-c3ccc(C([2H])([2H])[2H])cc3-c3ccc(C(C)(C)C)cc3)c2)c([2H])c(-c2c([2H])c([2H])c(C(C([2H])([2H])[2H])(C([2H])([2H])[2H])C([2H])([2H])[2H])c([2H])c2[2H])c1[2H]. The van der Waals surface area contributed by atoms with Crippen LogP contribution >= 0.6 is 0 Å². The van der Waals surface area contributed by atoms with Gasteiger partial charge in [0.1, 0.15) is 11.6 Å². The van der Waals surface area contributed by atoms with Crippen molar-refractivity contribution in [2.75, 3.05) is 7.11 Å². The zero-order valence-corrected chi connectivity index (χ0v) is 36.3. The molecule has 0 amide bonds. The molecular formula is C60H57N3O. The summed E-state index contributed by atoms with van der Waals surface area (Å²) in [5, 5.41) is 0. The number of aryl methyl sites for hydroxylation is 3. The number of para-hydroxylation sites is 1. The highest BCUT2D eigenvalue weighted by Crippen LogP contribution is 2.43. The van der Waals surface area contributed by atoms with Crippen LogP contribution < -0.4 is 4.74 Å². The summed E-state index contributed by atoms with van der Waals surface area (Å²) in [6, 6.07) is 30.7. The number of rotatable bonds is 8. The van der Waals surface area contributed by atoms with Crippen molar-refractivity contribution in [1.29, 1.82) is 0 Å². The van der Waals surface area contributed by atoms with Gasteiger partial charge in [0.15, 0.2) is 0 Å². The molecule has 0 aliphatic rings. The maximum Gasteiger partial charge on any atom is 0.149 e. The zero-order valence-electron chi connectivity index (χ0n) is 55.3. The first-order chi connectivity index (χ1) is 38.5. The molecule has 0 saturated carbocycles. The summed E-state index contributed by atoms with van der Waals surface area (Å²) in [5.41, 5.74) is 1.99. The largest absolute Gasteiger partial charge is 0.496 e.